The largest absolute Gasteiger partial charge is 0.790 e. The van der Waals surface area contributed by atoms with Crippen LogP contribution in [-0.2, 0) is 31.6 Å². The molecule has 0 amide bonds. The van der Waals surface area contributed by atoms with Gasteiger partial charge in [0.05, 0.1) is 20.5 Å². The van der Waals surface area contributed by atoms with E-state index in [1.165, 1.54) is 6.92 Å². The Labute approximate surface area is 161 Å². The smallest absolute Gasteiger partial charge is 0.330 e. The lowest BCUT2D eigenvalue weighted by Crippen LogP contribution is -2.36. The van der Waals surface area contributed by atoms with Crippen molar-refractivity contribution in [3.63, 3.8) is 0 Å². The van der Waals surface area contributed by atoms with Crippen LogP contribution in [0.25, 0.3) is 0 Å². The van der Waals surface area contributed by atoms with Gasteiger partial charge in [0.25, 0.3) is 21.2 Å². The second-order valence-corrected chi connectivity index (χ2v) is 9.98. The average molecular weight is 478 g/mol. The highest BCUT2D eigenvalue weighted by atomic mass is 31.3. The number of aromatic nitrogens is 2. The first-order chi connectivity index (χ1) is 13.1. The van der Waals surface area contributed by atoms with Crippen molar-refractivity contribution in [1.29, 1.82) is 0 Å². The molecule has 0 radical (unpaired) electrons. The van der Waals surface area contributed by atoms with Gasteiger partial charge in [-0.1, -0.05) is 0 Å². The van der Waals surface area contributed by atoms with Crippen LogP contribution in [0.1, 0.15) is 18.2 Å². The monoisotopic (exact) mass is 478 g/mol. The second kappa shape index (κ2) is 8.63. The standard InChI is InChI=1S/C10H17N2O14P3/c1-5-3-12(10(15)11-8(5)14)9-7(13)2-6(24-9)4-23-28(19,20)26-29(21,22)25-27(16,17)18/h3,6-7,9,13H,2,4H2,1H3,(H,19,20)(H,21,22)(H,11,14,15)(H2,16,17,18)/p-4. The Hall–Kier alpha value is -0.990. The molecule has 0 aliphatic carbocycles. The van der Waals surface area contributed by atoms with E-state index in [0.717, 1.165) is 10.8 Å². The highest BCUT2D eigenvalue weighted by molar-refractivity contribution is 7.64. The molecule has 1 saturated heterocycles. The van der Waals surface area contributed by atoms with Crippen LogP contribution in [0.2, 0.25) is 0 Å². The van der Waals surface area contributed by atoms with E-state index >= 15 is 0 Å². The Balaban J connectivity index is 2.02. The third kappa shape index (κ3) is 7.03. The number of rotatable bonds is 8. The van der Waals surface area contributed by atoms with Gasteiger partial charge in [-0.15, -0.1) is 0 Å². The number of aliphatic hydroxyl groups excluding tert-OH is 1. The quantitative estimate of drug-likeness (QED) is 0.341. The van der Waals surface area contributed by atoms with Crippen LogP contribution < -0.4 is 30.8 Å². The topological polar surface area (TPSA) is 255 Å². The van der Waals surface area contributed by atoms with E-state index in [1.807, 2.05) is 4.98 Å². The molecule has 1 aromatic rings. The van der Waals surface area contributed by atoms with E-state index in [4.69, 9.17) is 4.74 Å². The van der Waals surface area contributed by atoms with Crippen molar-refractivity contribution in [1.82, 2.24) is 9.55 Å². The summed E-state index contributed by atoms with van der Waals surface area (Å²) < 4.78 is 49.5. The maximum Gasteiger partial charge on any atom is 0.330 e. The van der Waals surface area contributed by atoms with Gasteiger partial charge in [-0.05, 0) is 6.92 Å². The first kappa shape index (κ1) is 24.3. The molecule has 1 aliphatic heterocycles. The Morgan fingerprint density at radius 1 is 1.21 bits per heavy atom. The number of phosphoric ester groups is 1. The van der Waals surface area contributed by atoms with Gasteiger partial charge in [-0.2, -0.15) is 0 Å². The molecular formula is C10H13N2O14P3-4. The van der Waals surface area contributed by atoms with Gasteiger partial charge in [0.1, 0.15) is 6.10 Å². The zero-order valence-electron chi connectivity index (χ0n) is 14.3. The van der Waals surface area contributed by atoms with Gasteiger partial charge in [0.2, 0.25) is 0 Å². The number of hydrogen-bond donors (Lipinski definition) is 2. The lowest BCUT2D eigenvalue weighted by atomic mass is 10.2. The number of nitrogens with zero attached hydrogens (tertiary/aromatic N) is 1. The maximum absolute atomic E-state index is 11.8. The molecule has 0 saturated carbocycles. The number of phosphoric acid groups is 3. The molecule has 1 aromatic heterocycles. The molecule has 0 spiro atoms. The summed E-state index contributed by atoms with van der Waals surface area (Å²) in [5.74, 6) is 0. The highest BCUT2D eigenvalue weighted by Gasteiger charge is 2.37. The van der Waals surface area contributed by atoms with Crippen LogP contribution >= 0.6 is 23.5 Å². The van der Waals surface area contributed by atoms with E-state index in [9.17, 15) is 48.0 Å². The third-order valence-corrected chi connectivity index (χ3v) is 7.07. The fourth-order valence-electron chi connectivity index (χ4n) is 2.32. The summed E-state index contributed by atoms with van der Waals surface area (Å²) in [6, 6.07) is 0. The average Bonchev–Trinajstić information content (AvgIpc) is 2.86. The summed E-state index contributed by atoms with van der Waals surface area (Å²) in [6.07, 6.45) is -3.00. The molecule has 166 valence electrons. The Morgan fingerprint density at radius 2 is 1.83 bits per heavy atom. The minimum Gasteiger partial charge on any atom is -0.790 e. The molecule has 29 heavy (non-hydrogen) atoms. The summed E-state index contributed by atoms with van der Waals surface area (Å²) in [7, 11) is -17.9. The summed E-state index contributed by atoms with van der Waals surface area (Å²) >= 11 is 0. The number of H-pyrrole nitrogens is 1. The van der Waals surface area contributed by atoms with Gasteiger partial charge >= 0.3 is 5.69 Å². The molecule has 0 aromatic carbocycles. The van der Waals surface area contributed by atoms with Crippen molar-refractivity contribution < 1.29 is 56.3 Å². The summed E-state index contributed by atoms with van der Waals surface area (Å²) in [5.41, 5.74) is -1.45. The summed E-state index contributed by atoms with van der Waals surface area (Å²) in [4.78, 5) is 68.2. The molecule has 2 rings (SSSR count). The van der Waals surface area contributed by atoms with E-state index in [0.29, 0.717) is 0 Å². The Bertz CT molecular complexity index is 1010. The van der Waals surface area contributed by atoms with Crippen LogP contribution in [0.4, 0.5) is 0 Å². The molecule has 1 aliphatic rings. The third-order valence-electron chi connectivity index (χ3n) is 3.40. The van der Waals surface area contributed by atoms with Crippen molar-refractivity contribution in [2.75, 3.05) is 6.61 Å². The van der Waals surface area contributed by atoms with Crippen LogP contribution in [0.5, 0.6) is 0 Å². The molecule has 0 bridgehead atoms. The number of aliphatic hydroxyl groups is 1. The lowest BCUT2D eigenvalue weighted by Gasteiger charge is -2.37. The molecule has 5 atom stereocenters. The van der Waals surface area contributed by atoms with Gasteiger partial charge in [0, 0.05) is 18.2 Å². The first-order valence-corrected chi connectivity index (χ1v) is 11.8. The predicted molar refractivity (Wildman–Crippen MR) is 81.5 cm³/mol. The van der Waals surface area contributed by atoms with Gasteiger partial charge in [-0.25, -0.2) is 9.11 Å². The molecule has 2 heterocycles. The number of hydrogen-bond acceptors (Lipinski definition) is 14. The minimum absolute atomic E-state index is 0.123. The number of aromatic amines is 1. The molecule has 16 nitrogen and oxygen atoms in total. The van der Waals surface area contributed by atoms with E-state index in [2.05, 4.69) is 13.1 Å². The van der Waals surface area contributed by atoms with Crippen LogP contribution in [0.15, 0.2) is 15.8 Å². The molecule has 5 unspecified atom stereocenters. The summed E-state index contributed by atoms with van der Waals surface area (Å²) in [6.45, 7) is 0.478. The number of nitrogens with one attached hydrogen (secondary N) is 1. The van der Waals surface area contributed by atoms with Crippen LogP contribution in [0.3, 0.4) is 0 Å². The summed E-state index contributed by atoms with van der Waals surface area (Å²) in [5, 5.41) is 10.0. The van der Waals surface area contributed by atoms with Gasteiger partial charge in [-0.3, -0.25) is 27.8 Å². The van der Waals surface area contributed by atoms with E-state index in [1.54, 1.807) is 0 Å². The minimum atomic E-state index is -6.11. The van der Waals surface area contributed by atoms with Gasteiger partial charge < -0.3 is 38.5 Å². The maximum atomic E-state index is 11.8. The SMILES string of the molecule is Cc1cn(C2OC(COP(=O)([O-])OP(=O)([O-])OP(=O)([O-])[O-])CC2O)c(=O)[nH]c1=O. The van der Waals surface area contributed by atoms with E-state index < -0.39 is 59.8 Å². The van der Waals surface area contributed by atoms with Crippen molar-refractivity contribution in [2.24, 2.45) is 0 Å². The van der Waals surface area contributed by atoms with Crippen molar-refractivity contribution >= 4 is 23.5 Å². The number of ether oxygens (including phenoxy) is 1. The molecule has 2 N–H and O–H groups in total. The van der Waals surface area contributed by atoms with E-state index in [-0.39, 0.29) is 12.0 Å². The Kier molecular flexibility index (Phi) is 7.23. The fraction of sp³-hybridized carbons (Fsp3) is 0.600. The van der Waals surface area contributed by atoms with Crippen LogP contribution in [0, 0.1) is 6.92 Å². The zero-order chi connectivity index (χ0) is 22.2. The highest BCUT2D eigenvalue weighted by Crippen LogP contribution is 2.60. The first-order valence-electron chi connectivity index (χ1n) is 7.45. The molecule has 19 heteroatoms. The van der Waals surface area contributed by atoms with Crippen molar-refractivity contribution in [3.8, 4) is 0 Å². The normalized spacial score (nSPS) is 26.8. The molecular weight excluding hydrogens is 465 g/mol. The Morgan fingerprint density at radius 3 is 2.41 bits per heavy atom. The fourth-order valence-corrected chi connectivity index (χ4v) is 5.21. The van der Waals surface area contributed by atoms with Gasteiger partial charge in [0.15, 0.2) is 6.23 Å². The lowest BCUT2D eigenvalue weighted by molar-refractivity contribution is -0.339. The zero-order valence-corrected chi connectivity index (χ0v) is 17.0. The van der Waals surface area contributed by atoms with Crippen molar-refractivity contribution in [2.45, 2.75) is 31.8 Å². The molecule has 1 fully saturated rings. The van der Waals surface area contributed by atoms with Crippen LogP contribution in [-0.4, -0.2) is 33.5 Å². The predicted octanol–water partition coefficient (Wildman–Crippen LogP) is -3.69. The number of aryl methyl sites for hydroxylation is 1. The van der Waals surface area contributed by atoms with Crippen molar-refractivity contribution in [3.05, 3.63) is 32.6 Å². The second-order valence-electron chi connectivity index (χ2n) is 5.73.